The van der Waals surface area contributed by atoms with E-state index in [1.807, 2.05) is 13.8 Å². The Labute approximate surface area is 214 Å². The number of rotatable bonds is 6. The Morgan fingerprint density at radius 2 is 1.65 bits per heavy atom. The molecular formula is C26H32N2O9. The van der Waals surface area contributed by atoms with Crippen molar-refractivity contribution >= 4 is 35.5 Å². The molecule has 0 unspecified atom stereocenters. The number of carbonyl (C=O) groups is 6. The van der Waals surface area contributed by atoms with Crippen LogP contribution in [0, 0.1) is 5.92 Å². The zero-order chi connectivity index (χ0) is 28.0. The van der Waals surface area contributed by atoms with Crippen molar-refractivity contribution < 1.29 is 42.7 Å². The van der Waals surface area contributed by atoms with Gasteiger partial charge in [-0.25, -0.2) is 0 Å². The van der Waals surface area contributed by atoms with Crippen molar-refractivity contribution in [3.63, 3.8) is 0 Å². The van der Waals surface area contributed by atoms with Gasteiger partial charge in [0.25, 0.3) is 0 Å². The number of hydrogen-bond acceptors (Lipinski definition) is 10. The third-order valence-electron chi connectivity index (χ3n) is 4.93. The van der Waals surface area contributed by atoms with Crippen molar-refractivity contribution in [2.75, 3.05) is 34.0 Å². The normalized spacial score (nSPS) is 12.9. The molecule has 2 aromatic rings. The molecule has 1 amide bonds. The Hall–Kier alpha value is -3.96. The molecule has 1 fully saturated rings. The first-order valence-corrected chi connectivity index (χ1v) is 11.6. The van der Waals surface area contributed by atoms with Crippen molar-refractivity contribution in [2.24, 2.45) is 5.92 Å². The van der Waals surface area contributed by atoms with Crippen molar-refractivity contribution in [3.05, 3.63) is 58.5 Å². The summed E-state index contributed by atoms with van der Waals surface area (Å²) in [5, 5.41) is 5.37. The van der Waals surface area contributed by atoms with Crippen LogP contribution in [0.3, 0.4) is 0 Å². The molecule has 1 aliphatic heterocycles. The van der Waals surface area contributed by atoms with Gasteiger partial charge in [-0.1, -0.05) is 38.1 Å². The van der Waals surface area contributed by atoms with E-state index in [1.54, 1.807) is 25.2 Å². The summed E-state index contributed by atoms with van der Waals surface area (Å²) in [6.07, 6.45) is 0.101. The van der Waals surface area contributed by atoms with Gasteiger partial charge in [0.15, 0.2) is 24.1 Å². The first-order valence-electron chi connectivity index (χ1n) is 11.6. The minimum atomic E-state index is -0.556. The second-order valence-corrected chi connectivity index (χ2v) is 7.38. The second-order valence-electron chi connectivity index (χ2n) is 7.38. The van der Waals surface area contributed by atoms with Crippen molar-refractivity contribution in [3.8, 4) is 0 Å². The quantitative estimate of drug-likeness (QED) is 0.163. The van der Waals surface area contributed by atoms with Crippen LogP contribution in [0.1, 0.15) is 69.8 Å². The number of furan rings is 1. The molecule has 200 valence electrons. The van der Waals surface area contributed by atoms with E-state index in [4.69, 9.17) is 9.15 Å². The summed E-state index contributed by atoms with van der Waals surface area (Å²) in [6.45, 7) is 7.01. The third kappa shape index (κ3) is 8.58. The number of ether oxygens (including phenoxy) is 2. The molecule has 4 rings (SSSR count). The average molecular weight is 517 g/mol. The first-order chi connectivity index (χ1) is 17.7. The summed E-state index contributed by atoms with van der Waals surface area (Å²) in [7, 11) is 3.09. The lowest BCUT2D eigenvalue weighted by Crippen LogP contribution is -2.47. The first kappa shape index (κ1) is 31.1. The molecule has 0 radical (unpaired) electrons. The van der Waals surface area contributed by atoms with E-state index in [0.717, 1.165) is 13.1 Å². The molecule has 37 heavy (non-hydrogen) atoms. The van der Waals surface area contributed by atoms with Gasteiger partial charge in [0.05, 0.1) is 17.9 Å². The van der Waals surface area contributed by atoms with E-state index in [9.17, 15) is 28.8 Å². The highest BCUT2D eigenvalue weighted by molar-refractivity contribution is 6.27. The number of amides is 1. The number of hydrogen-bond donors (Lipinski definition) is 2. The van der Waals surface area contributed by atoms with Gasteiger partial charge in [-0.15, -0.1) is 0 Å². The average Bonchev–Trinajstić information content (AvgIpc) is 3.33. The van der Waals surface area contributed by atoms with Gasteiger partial charge in [0, 0.05) is 45.3 Å². The SMILES string of the molecule is CC.CNC(C)=O.COCOC(=O)C1CNC1.O=CCC(=O)c1cc2c(o1)C(=O)c1ccccc1C2=O. The van der Waals surface area contributed by atoms with Gasteiger partial charge in [-0.05, 0) is 6.07 Å². The monoisotopic (exact) mass is 516 g/mol. The fraction of sp³-hybridized carbons (Fsp3) is 0.385. The Morgan fingerprint density at radius 3 is 2.11 bits per heavy atom. The van der Waals surface area contributed by atoms with Crippen LogP contribution in [0.25, 0.3) is 0 Å². The van der Waals surface area contributed by atoms with Crippen LogP contribution in [-0.4, -0.2) is 69.6 Å². The zero-order valence-electron chi connectivity index (χ0n) is 21.5. The molecule has 2 heterocycles. The van der Waals surface area contributed by atoms with Gasteiger partial charge >= 0.3 is 5.97 Å². The molecule has 11 nitrogen and oxygen atoms in total. The van der Waals surface area contributed by atoms with Gasteiger partial charge in [0.2, 0.25) is 17.5 Å². The smallest absolute Gasteiger partial charge is 0.313 e. The molecule has 0 atom stereocenters. The molecule has 1 aromatic carbocycles. The van der Waals surface area contributed by atoms with E-state index in [-0.39, 0.29) is 59.4 Å². The largest absolute Gasteiger partial charge is 0.449 e. The molecule has 2 N–H and O–H groups in total. The summed E-state index contributed by atoms with van der Waals surface area (Å²) in [5.74, 6) is -1.73. The summed E-state index contributed by atoms with van der Waals surface area (Å²) < 4.78 is 14.4. The highest BCUT2D eigenvalue weighted by Gasteiger charge is 2.34. The van der Waals surface area contributed by atoms with Gasteiger partial charge < -0.3 is 29.3 Å². The number of fused-ring (bicyclic) bond motifs is 2. The molecule has 0 saturated carbocycles. The van der Waals surface area contributed by atoms with Gasteiger partial charge in [-0.2, -0.15) is 0 Å². The predicted octanol–water partition coefficient (Wildman–Crippen LogP) is 1.96. The number of esters is 1. The van der Waals surface area contributed by atoms with E-state index in [0.29, 0.717) is 11.8 Å². The standard InChI is InChI=1S/C15H8O5.C6H11NO3.C3H7NO.C2H6/c16-6-5-11(17)12-7-10-13(18)8-3-1-2-4-9(8)14(19)15(10)20-12;1-9-4-10-6(8)5-2-7-3-5;1-3(5)4-2;1-2/h1-4,6-7H,5H2;5,7H,2-4H2,1H3;1-2H3,(H,4,5);1-2H3. The molecule has 1 aliphatic carbocycles. The van der Waals surface area contributed by atoms with Crippen LogP contribution in [0.2, 0.25) is 0 Å². The third-order valence-corrected chi connectivity index (χ3v) is 4.93. The number of methoxy groups -OCH3 is 1. The lowest BCUT2D eigenvalue weighted by molar-refractivity contribution is -0.160. The van der Waals surface area contributed by atoms with E-state index < -0.39 is 11.6 Å². The van der Waals surface area contributed by atoms with Gasteiger partial charge in [0.1, 0.15) is 6.29 Å². The number of nitrogens with one attached hydrogen (secondary N) is 2. The molecule has 1 saturated heterocycles. The van der Waals surface area contributed by atoms with Crippen LogP contribution >= 0.6 is 0 Å². The molecule has 2 aliphatic rings. The maximum absolute atomic E-state index is 12.3. The molecule has 0 bridgehead atoms. The highest BCUT2D eigenvalue weighted by Crippen LogP contribution is 2.29. The maximum atomic E-state index is 12.3. The van der Waals surface area contributed by atoms with Crippen LogP contribution in [0.15, 0.2) is 34.7 Å². The Kier molecular flexibility index (Phi) is 13.4. The van der Waals surface area contributed by atoms with Crippen LogP contribution in [0.5, 0.6) is 0 Å². The molecule has 0 spiro atoms. The fourth-order valence-corrected chi connectivity index (χ4v) is 2.88. The van der Waals surface area contributed by atoms with Crippen LogP contribution in [0.4, 0.5) is 0 Å². The number of ketones is 3. The lowest BCUT2D eigenvalue weighted by Gasteiger charge is -2.24. The van der Waals surface area contributed by atoms with E-state index >= 15 is 0 Å². The minimum Gasteiger partial charge on any atom is -0.449 e. The number of benzene rings is 1. The van der Waals surface area contributed by atoms with Crippen molar-refractivity contribution in [1.82, 2.24) is 10.6 Å². The lowest BCUT2D eigenvalue weighted by atomic mass is 9.88. The van der Waals surface area contributed by atoms with Crippen LogP contribution < -0.4 is 10.6 Å². The van der Waals surface area contributed by atoms with Crippen molar-refractivity contribution in [1.29, 1.82) is 0 Å². The summed E-state index contributed by atoms with van der Waals surface area (Å²) in [5.41, 5.74) is 0.622. The fourth-order valence-electron chi connectivity index (χ4n) is 2.88. The molecular weight excluding hydrogens is 484 g/mol. The van der Waals surface area contributed by atoms with E-state index in [1.165, 1.54) is 26.2 Å². The van der Waals surface area contributed by atoms with Crippen LogP contribution in [-0.2, 0) is 23.9 Å². The second kappa shape index (κ2) is 15.9. The Bertz CT molecular complexity index is 1060. The highest BCUT2D eigenvalue weighted by atomic mass is 16.7. The molecule has 1 aromatic heterocycles. The molecule has 11 heteroatoms. The Balaban J connectivity index is 0.000000336. The number of carbonyl (C=O) groups excluding carboxylic acids is 6. The minimum absolute atomic E-state index is 0.00463. The summed E-state index contributed by atoms with van der Waals surface area (Å²) in [6, 6.07) is 7.63. The van der Waals surface area contributed by atoms with Gasteiger partial charge in [-0.3, -0.25) is 24.0 Å². The zero-order valence-corrected chi connectivity index (χ0v) is 21.5. The maximum Gasteiger partial charge on any atom is 0.313 e. The summed E-state index contributed by atoms with van der Waals surface area (Å²) in [4.78, 5) is 67.0. The predicted molar refractivity (Wildman–Crippen MR) is 132 cm³/mol. The number of aldehydes is 1. The van der Waals surface area contributed by atoms with Crippen molar-refractivity contribution in [2.45, 2.75) is 27.2 Å². The van der Waals surface area contributed by atoms with E-state index in [2.05, 4.69) is 15.4 Å². The number of Topliss-reactive ketones (excluding diaryl/α,β-unsaturated/α-hetero) is 1. The Morgan fingerprint density at radius 1 is 1.08 bits per heavy atom. The topological polar surface area (TPSA) is 158 Å². The summed E-state index contributed by atoms with van der Waals surface area (Å²) >= 11 is 0.